The second-order valence-corrected chi connectivity index (χ2v) is 5.49. The van der Waals surface area contributed by atoms with Gasteiger partial charge < -0.3 is 9.64 Å². The summed E-state index contributed by atoms with van der Waals surface area (Å²) in [6, 6.07) is 4.13. The van der Waals surface area contributed by atoms with Crippen LogP contribution in [-0.2, 0) is 10.6 Å². The van der Waals surface area contributed by atoms with Gasteiger partial charge in [0.25, 0.3) is 0 Å². The van der Waals surface area contributed by atoms with Gasteiger partial charge in [0.2, 0.25) is 0 Å². The fourth-order valence-corrected chi connectivity index (χ4v) is 2.74. The highest BCUT2D eigenvalue weighted by Gasteiger charge is 2.31. The topological polar surface area (TPSA) is 25.4 Å². The monoisotopic (exact) mass is 268 g/mol. The summed E-state index contributed by atoms with van der Waals surface area (Å²) in [6.45, 7) is 6.13. The molecule has 3 nitrogen and oxygen atoms in total. The van der Waals surface area contributed by atoms with Crippen molar-refractivity contribution in [2.75, 3.05) is 25.1 Å². The predicted molar refractivity (Wildman–Crippen MR) is 75.4 cm³/mol. The maximum atomic E-state index is 5.86. The van der Waals surface area contributed by atoms with E-state index in [1.807, 2.05) is 6.92 Å². The van der Waals surface area contributed by atoms with Crippen molar-refractivity contribution in [3.63, 3.8) is 0 Å². The number of aromatic nitrogens is 1. The molecule has 100 valence electrons. The molecule has 0 spiro atoms. The number of aryl methyl sites for hydroxylation is 1. The van der Waals surface area contributed by atoms with Crippen LogP contribution in [0.1, 0.15) is 31.0 Å². The number of halogens is 1. The van der Waals surface area contributed by atoms with Crippen LogP contribution in [0.2, 0.25) is 0 Å². The third kappa shape index (κ3) is 2.78. The molecule has 2 heterocycles. The Balaban J connectivity index is 2.18. The molecule has 0 N–H and O–H groups in total. The summed E-state index contributed by atoms with van der Waals surface area (Å²) >= 11 is 5.86. The zero-order valence-electron chi connectivity index (χ0n) is 11.4. The molecule has 1 aliphatic heterocycles. The van der Waals surface area contributed by atoms with Gasteiger partial charge in [-0.3, -0.25) is 0 Å². The molecule has 0 saturated carbocycles. The summed E-state index contributed by atoms with van der Waals surface area (Å²) in [4.78, 5) is 6.96. The molecule has 1 atom stereocenters. The van der Waals surface area contributed by atoms with Crippen LogP contribution in [0.5, 0.6) is 0 Å². The van der Waals surface area contributed by atoms with E-state index in [0.29, 0.717) is 5.88 Å². The van der Waals surface area contributed by atoms with Gasteiger partial charge in [-0.05, 0) is 38.3 Å². The van der Waals surface area contributed by atoms with Crippen molar-refractivity contribution in [3.8, 4) is 0 Å². The molecule has 0 radical (unpaired) electrons. The Morgan fingerprint density at radius 1 is 1.50 bits per heavy atom. The minimum atomic E-state index is -0.0566. The zero-order valence-corrected chi connectivity index (χ0v) is 12.1. The third-order valence-corrected chi connectivity index (χ3v) is 4.09. The number of piperidine rings is 1. The molecule has 0 bridgehead atoms. The van der Waals surface area contributed by atoms with E-state index in [1.54, 1.807) is 7.11 Å². The molecule has 0 amide bonds. The van der Waals surface area contributed by atoms with E-state index in [0.717, 1.165) is 43.0 Å². The molecule has 1 saturated heterocycles. The number of anilines is 1. The van der Waals surface area contributed by atoms with E-state index in [-0.39, 0.29) is 5.60 Å². The summed E-state index contributed by atoms with van der Waals surface area (Å²) in [6.07, 6.45) is 2.25. The third-order valence-electron chi connectivity index (χ3n) is 3.80. The normalized spacial score (nSPS) is 24.3. The standard InChI is InChI=1S/C14H21ClN2O/c1-11-12(9-15)5-6-13(16-11)17-8-4-7-14(2,10-17)18-3/h5-6H,4,7-10H2,1-3H3. The van der Waals surface area contributed by atoms with Gasteiger partial charge in [-0.1, -0.05) is 6.07 Å². The molecule has 1 aromatic rings. The average Bonchev–Trinajstić information content (AvgIpc) is 2.39. The Morgan fingerprint density at radius 3 is 2.89 bits per heavy atom. The van der Waals surface area contributed by atoms with Gasteiger partial charge in [0.1, 0.15) is 5.82 Å². The fourth-order valence-electron chi connectivity index (χ4n) is 2.46. The quantitative estimate of drug-likeness (QED) is 0.788. The Labute approximate surface area is 114 Å². The van der Waals surface area contributed by atoms with Gasteiger partial charge >= 0.3 is 0 Å². The van der Waals surface area contributed by atoms with Crippen molar-refractivity contribution >= 4 is 17.4 Å². The van der Waals surface area contributed by atoms with Crippen LogP contribution in [-0.4, -0.2) is 30.8 Å². The summed E-state index contributed by atoms with van der Waals surface area (Å²) < 4.78 is 5.61. The molecule has 18 heavy (non-hydrogen) atoms. The number of ether oxygens (including phenoxy) is 1. The largest absolute Gasteiger partial charge is 0.377 e. The summed E-state index contributed by atoms with van der Waals surface area (Å²) in [7, 11) is 1.79. The molecule has 0 aromatic carbocycles. The lowest BCUT2D eigenvalue weighted by atomic mass is 9.95. The highest BCUT2D eigenvalue weighted by Crippen LogP contribution is 2.27. The first-order chi connectivity index (χ1) is 8.58. The first-order valence-electron chi connectivity index (χ1n) is 6.40. The van der Waals surface area contributed by atoms with Crippen molar-refractivity contribution in [2.24, 2.45) is 0 Å². The summed E-state index contributed by atoms with van der Waals surface area (Å²) in [5.41, 5.74) is 2.07. The molecule has 1 aromatic heterocycles. The number of nitrogens with zero attached hydrogens (tertiary/aromatic N) is 2. The van der Waals surface area contributed by atoms with Crippen LogP contribution in [0, 0.1) is 6.92 Å². The lowest BCUT2D eigenvalue weighted by molar-refractivity contribution is -0.00482. The average molecular weight is 269 g/mol. The van der Waals surface area contributed by atoms with E-state index < -0.39 is 0 Å². The predicted octanol–water partition coefficient (Wildman–Crippen LogP) is 3.13. The maximum Gasteiger partial charge on any atom is 0.128 e. The van der Waals surface area contributed by atoms with Crippen molar-refractivity contribution in [1.29, 1.82) is 0 Å². The van der Waals surface area contributed by atoms with E-state index in [4.69, 9.17) is 16.3 Å². The van der Waals surface area contributed by atoms with Gasteiger partial charge in [-0.15, -0.1) is 11.6 Å². The molecule has 1 fully saturated rings. The van der Waals surface area contributed by atoms with Crippen molar-refractivity contribution < 1.29 is 4.74 Å². The smallest absolute Gasteiger partial charge is 0.128 e. The fraction of sp³-hybridized carbons (Fsp3) is 0.643. The van der Waals surface area contributed by atoms with Crippen LogP contribution >= 0.6 is 11.6 Å². The van der Waals surface area contributed by atoms with Crippen LogP contribution in [0.4, 0.5) is 5.82 Å². The Kier molecular flexibility index (Phi) is 4.13. The number of hydrogen-bond donors (Lipinski definition) is 0. The lowest BCUT2D eigenvalue weighted by Crippen LogP contribution is -2.47. The van der Waals surface area contributed by atoms with E-state index in [9.17, 15) is 0 Å². The minimum absolute atomic E-state index is 0.0566. The van der Waals surface area contributed by atoms with Gasteiger partial charge in [-0.25, -0.2) is 4.98 Å². The molecule has 0 aliphatic carbocycles. The van der Waals surface area contributed by atoms with Crippen LogP contribution < -0.4 is 4.90 Å². The SMILES string of the molecule is COC1(C)CCCN(c2ccc(CCl)c(C)n2)C1. The van der Waals surface area contributed by atoms with Crippen LogP contribution in [0.3, 0.4) is 0 Å². The molecular weight excluding hydrogens is 248 g/mol. The number of hydrogen-bond acceptors (Lipinski definition) is 3. The van der Waals surface area contributed by atoms with Gasteiger partial charge in [-0.2, -0.15) is 0 Å². The number of alkyl halides is 1. The Hall–Kier alpha value is -0.800. The summed E-state index contributed by atoms with van der Waals surface area (Å²) in [5, 5.41) is 0. The van der Waals surface area contributed by atoms with Crippen LogP contribution in [0.25, 0.3) is 0 Å². The van der Waals surface area contributed by atoms with E-state index in [1.165, 1.54) is 0 Å². The highest BCUT2D eigenvalue weighted by molar-refractivity contribution is 6.17. The molecule has 1 unspecified atom stereocenters. The number of rotatable bonds is 3. The second-order valence-electron chi connectivity index (χ2n) is 5.23. The lowest BCUT2D eigenvalue weighted by Gasteiger charge is -2.40. The number of pyridine rings is 1. The second kappa shape index (κ2) is 5.45. The van der Waals surface area contributed by atoms with Crippen molar-refractivity contribution in [2.45, 2.75) is 38.2 Å². The molecule has 4 heteroatoms. The minimum Gasteiger partial charge on any atom is -0.377 e. The highest BCUT2D eigenvalue weighted by atomic mass is 35.5. The van der Waals surface area contributed by atoms with Crippen molar-refractivity contribution in [3.05, 3.63) is 23.4 Å². The summed E-state index contributed by atoms with van der Waals surface area (Å²) in [5.74, 6) is 1.55. The number of methoxy groups -OCH3 is 1. The van der Waals surface area contributed by atoms with Gasteiger partial charge in [0, 0.05) is 31.8 Å². The van der Waals surface area contributed by atoms with Gasteiger partial charge in [0.15, 0.2) is 0 Å². The zero-order chi connectivity index (χ0) is 13.2. The molecule has 2 rings (SSSR count). The first-order valence-corrected chi connectivity index (χ1v) is 6.94. The van der Waals surface area contributed by atoms with E-state index in [2.05, 4.69) is 28.9 Å². The molecular formula is C14H21ClN2O. The first kappa shape index (κ1) is 13.6. The van der Waals surface area contributed by atoms with Gasteiger partial charge in [0.05, 0.1) is 5.60 Å². The molecule has 1 aliphatic rings. The van der Waals surface area contributed by atoms with Crippen LogP contribution in [0.15, 0.2) is 12.1 Å². The Morgan fingerprint density at radius 2 is 2.28 bits per heavy atom. The Bertz CT molecular complexity index is 424. The van der Waals surface area contributed by atoms with Crippen molar-refractivity contribution in [1.82, 2.24) is 4.98 Å². The maximum absolute atomic E-state index is 5.86. The van der Waals surface area contributed by atoms with E-state index >= 15 is 0 Å².